The second-order valence-electron chi connectivity index (χ2n) is 3.95. The summed E-state index contributed by atoms with van der Waals surface area (Å²) in [6.07, 6.45) is 3.72. The summed E-state index contributed by atoms with van der Waals surface area (Å²) in [5, 5.41) is 11.6. The van der Waals surface area contributed by atoms with Crippen molar-refractivity contribution in [3.8, 4) is 0 Å². The number of amides is 2. The highest BCUT2D eigenvalue weighted by molar-refractivity contribution is 8.00. The van der Waals surface area contributed by atoms with E-state index >= 15 is 0 Å². The molecule has 0 aromatic heterocycles. The van der Waals surface area contributed by atoms with Crippen LogP contribution in [0.15, 0.2) is 0 Å². The summed E-state index contributed by atoms with van der Waals surface area (Å²) in [6, 6.07) is -0.310. The molecular formula is C10H18N2O3S. The first-order valence-corrected chi connectivity index (χ1v) is 6.54. The molecular weight excluding hydrogens is 228 g/mol. The molecule has 16 heavy (non-hydrogen) atoms. The summed E-state index contributed by atoms with van der Waals surface area (Å²) >= 11 is 1.83. The second kappa shape index (κ2) is 6.62. The van der Waals surface area contributed by atoms with E-state index in [9.17, 15) is 9.59 Å². The number of rotatable bonds is 6. The third kappa shape index (κ3) is 4.74. The van der Waals surface area contributed by atoms with Gasteiger partial charge in [0.1, 0.15) is 0 Å². The fourth-order valence-corrected chi connectivity index (χ4v) is 3.37. The molecule has 0 saturated carbocycles. The normalized spacial score (nSPS) is 24.2. The lowest BCUT2D eigenvalue weighted by molar-refractivity contribution is -0.137. The highest BCUT2D eigenvalue weighted by Gasteiger charge is 2.28. The van der Waals surface area contributed by atoms with Crippen molar-refractivity contribution >= 4 is 23.8 Å². The quantitative estimate of drug-likeness (QED) is 0.613. The number of thioether (sulfide) groups is 1. The molecule has 1 fully saturated rings. The molecule has 92 valence electrons. The first kappa shape index (κ1) is 13.2. The van der Waals surface area contributed by atoms with Crippen LogP contribution in [0.25, 0.3) is 0 Å². The van der Waals surface area contributed by atoms with Crippen molar-refractivity contribution in [2.75, 3.05) is 5.75 Å². The summed E-state index contributed by atoms with van der Waals surface area (Å²) in [4.78, 5) is 21.1. The smallest absolute Gasteiger partial charge is 0.312 e. The molecule has 0 aromatic carbocycles. The van der Waals surface area contributed by atoms with Crippen LogP contribution in [0.2, 0.25) is 0 Å². The van der Waals surface area contributed by atoms with Crippen LogP contribution >= 0.6 is 11.8 Å². The van der Waals surface area contributed by atoms with Crippen LogP contribution in [-0.4, -0.2) is 34.2 Å². The van der Waals surface area contributed by atoms with Gasteiger partial charge < -0.3 is 16.2 Å². The van der Waals surface area contributed by atoms with Crippen molar-refractivity contribution in [3.05, 3.63) is 0 Å². The van der Waals surface area contributed by atoms with Crippen LogP contribution < -0.4 is 11.1 Å². The van der Waals surface area contributed by atoms with E-state index in [0.717, 1.165) is 25.0 Å². The van der Waals surface area contributed by atoms with Gasteiger partial charge in [-0.15, -0.1) is 0 Å². The lowest BCUT2D eigenvalue weighted by Gasteiger charge is -2.18. The molecule has 0 radical (unpaired) electrons. The molecule has 6 heteroatoms. The molecule has 1 saturated heterocycles. The third-order valence-corrected chi connectivity index (χ3v) is 4.13. The Labute approximate surface area is 99.1 Å². The van der Waals surface area contributed by atoms with Crippen LogP contribution in [0.4, 0.5) is 4.79 Å². The van der Waals surface area contributed by atoms with E-state index < -0.39 is 12.0 Å². The van der Waals surface area contributed by atoms with Gasteiger partial charge in [-0.05, 0) is 25.0 Å². The summed E-state index contributed by atoms with van der Waals surface area (Å²) in [7, 11) is 0. The van der Waals surface area contributed by atoms with Crippen LogP contribution in [0, 0.1) is 0 Å². The number of nitrogens with two attached hydrogens (primary N) is 1. The van der Waals surface area contributed by atoms with Crippen LogP contribution in [0.3, 0.4) is 0 Å². The van der Waals surface area contributed by atoms with Crippen molar-refractivity contribution in [1.82, 2.24) is 5.32 Å². The van der Waals surface area contributed by atoms with Crippen LogP contribution in [0.5, 0.6) is 0 Å². The third-order valence-electron chi connectivity index (χ3n) is 2.67. The van der Waals surface area contributed by atoms with E-state index in [1.54, 1.807) is 0 Å². The van der Waals surface area contributed by atoms with Gasteiger partial charge in [-0.25, -0.2) is 4.79 Å². The number of primary amides is 1. The number of carboxylic acids is 1. The second-order valence-corrected chi connectivity index (χ2v) is 5.30. The number of urea groups is 1. The molecule has 1 aliphatic heterocycles. The SMILES string of the molecule is NC(=O)NC1CCSC1CCCCC(=O)O. The average Bonchev–Trinajstić information content (AvgIpc) is 2.59. The number of hydrogen-bond donors (Lipinski definition) is 3. The molecule has 1 rings (SSSR count). The van der Waals surface area contributed by atoms with E-state index in [0.29, 0.717) is 11.7 Å². The highest BCUT2D eigenvalue weighted by atomic mass is 32.2. The monoisotopic (exact) mass is 246 g/mol. The maximum Gasteiger partial charge on any atom is 0.312 e. The Morgan fingerprint density at radius 2 is 2.19 bits per heavy atom. The molecule has 2 amide bonds. The van der Waals surface area contributed by atoms with E-state index in [2.05, 4.69) is 5.32 Å². The largest absolute Gasteiger partial charge is 0.481 e. The number of aliphatic carboxylic acids is 1. The Hall–Kier alpha value is -0.910. The van der Waals surface area contributed by atoms with Crippen LogP contribution in [0.1, 0.15) is 32.1 Å². The van der Waals surface area contributed by atoms with E-state index in [1.165, 1.54) is 0 Å². The molecule has 1 aliphatic rings. The standard InChI is InChI=1S/C10H18N2O3S/c11-10(15)12-7-5-6-16-8(7)3-1-2-4-9(13)14/h7-8H,1-6H2,(H,13,14)(H3,11,12,15). The zero-order valence-electron chi connectivity index (χ0n) is 9.15. The van der Waals surface area contributed by atoms with Gasteiger partial charge in [-0.3, -0.25) is 4.79 Å². The van der Waals surface area contributed by atoms with Gasteiger partial charge in [0.05, 0.1) is 0 Å². The zero-order chi connectivity index (χ0) is 12.0. The lowest BCUT2D eigenvalue weighted by atomic mass is 10.1. The summed E-state index contributed by atoms with van der Waals surface area (Å²) < 4.78 is 0. The Balaban J connectivity index is 2.19. The van der Waals surface area contributed by atoms with Crippen molar-refractivity contribution in [1.29, 1.82) is 0 Å². The minimum absolute atomic E-state index is 0.160. The van der Waals surface area contributed by atoms with Gasteiger partial charge in [-0.1, -0.05) is 6.42 Å². The molecule has 2 atom stereocenters. The fourth-order valence-electron chi connectivity index (χ4n) is 1.90. The van der Waals surface area contributed by atoms with Gasteiger partial charge in [0, 0.05) is 17.7 Å². The number of unbranched alkanes of at least 4 members (excludes halogenated alkanes) is 1. The van der Waals surface area contributed by atoms with E-state index in [-0.39, 0.29) is 12.5 Å². The molecule has 2 unspecified atom stereocenters. The molecule has 0 spiro atoms. The molecule has 0 bridgehead atoms. The Morgan fingerprint density at radius 3 is 2.81 bits per heavy atom. The summed E-state index contributed by atoms with van der Waals surface area (Å²) in [5.41, 5.74) is 5.09. The predicted octanol–water partition coefficient (Wildman–Crippen LogP) is 1.17. The van der Waals surface area contributed by atoms with Gasteiger partial charge in [0.15, 0.2) is 0 Å². The molecule has 0 aromatic rings. The number of carbonyl (C=O) groups is 2. The fraction of sp³-hybridized carbons (Fsp3) is 0.800. The first-order valence-electron chi connectivity index (χ1n) is 5.49. The number of nitrogens with one attached hydrogen (secondary N) is 1. The number of carbonyl (C=O) groups excluding carboxylic acids is 1. The maximum atomic E-state index is 10.7. The van der Waals surface area contributed by atoms with E-state index in [4.69, 9.17) is 10.8 Å². The Bertz CT molecular complexity index is 260. The van der Waals surface area contributed by atoms with Gasteiger partial charge in [0.25, 0.3) is 0 Å². The van der Waals surface area contributed by atoms with Gasteiger partial charge in [-0.2, -0.15) is 11.8 Å². The van der Waals surface area contributed by atoms with Crippen molar-refractivity contribution in [3.63, 3.8) is 0 Å². The average molecular weight is 246 g/mol. The Morgan fingerprint density at radius 1 is 1.44 bits per heavy atom. The number of carboxylic acid groups (broad SMARTS) is 1. The Kier molecular flexibility index (Phi) is 5.45. The molecule has 1 heterocycles. The predicted molar refractivity (Wildman–Crippen MR) is 63.5 cm³/mol. The van der Waals surface area contributed by atoms with Gasteiger partial charge in [0.2, 0.25) is 0 Å². The summed E-state index contributed by atoms with van der Waals surface area (Å²) in [5.74, 6) is 0.292. The van der Waals surface area contributed by atoms with Crippen molar-refractivity contribution in [2.24, 2.45) is 5.73 Å². The van der Waals surface area contributed by atoms with Gasteiger partial charge >= 0.3 is 12.0 Å². The molecule has 5 nitrogen and oxygen atoms in total. The molecule has 4 N–H and O–H groups in total. The minimum Gasteiger partial charge on any atom is -0.481 e. The minimum atomic E-state index is -0.745. The van der Waals surface area contributed by atoms with Crippen LogP contribution in [-0.2, 0) is 4.79 Å². The first-order chi connectivity index (χ1) is 7.59. The van der Waals surface area contributed by atoms with Crippen molar-refractivity contribution in [2.45, 2.75) is 43.4 Å². The lowest BCUT2D eigenvalue weighted by Crippen LogP contribution is -2.42. The van der Waals surface area contributed by atoms with E-state index in [1.807, 2.05) is 11.8 Å². The van der Waals surface area contributed by atoms with Crippen molar-refractivity contribution < 1.29 is 14.7 Å². The molecule has 0 aliphatic carbocycles. The summed E-state index contributed by atoms with van der Waals surface area (Å²) in [6.45, 7) is 0. The topological polar surface area (TPSA) is 92.4 Å². The highest BCUT2D eigenvalue weighted by Crippen LogP contribution is 2.30. The number of hydrogen-bond acceptors (Lipinski definition) is 3. The zero-order valence-corrected chi connectivity index (χ0v) is 9.96. The maximum absolute atomic E-state index is 10.7.